The van der Waals surface area contributed by atoms with Gasteiger partial charge in [0.05, 0.1) is 20.3 Å². The molecule has 2 N–H and O–H groups in total. The van der Waals surface area contributed by atoms with Crippen molar-refractivity contribution in [2.24, 2.45) is 0 Å². The van der Waals surface area contributed by atoms with E-state index in [1.165, 1.54) is 7.11 Å². The third kappa shape index (κ3) is 4.44. The highest BCUT2D eigenvalue weighted by Crippen LogP contribution is 2.21. The van der Waals surface area contributed by atoms with Crippen LogP contribution in [0.25, 0.3) is 5.69 Å². The highest BCUT2D eigenvalue weighted by atomic mass is 16.5. The van der Waals surface area contributed by atoms with E-state index in [1.54, 1.807) is 24.3 Å². The molecule has 2 heterocycles. The van der Waals surface area contributed by atoms with Crippen molar-refractivity contribution in [2.45, 2.75) is 0 Å². The monoisotopic (exact) mass is 374 g/mol. The number of aromatic hydroxyl groups is 1. The molecule has 1 aliphatic heterocycles. The first kappa shape index (κ1) is 18.9. The summed E-state index contributed by atoms with van der Waals surface area (Å²) in [5, 5.41) is 16.8. The smallest absolute Gasteiger partial charge is 0.275 e. The summed E-state index contributed by atoms with van der Waals surface area (Å²) >= 11 is 0. The molecule has 1 aliphatic rings. The molecule has 1 fully saturated rings. The molecule has 27 heavy (non-hydrogen) atoms. The fourth-order valence-corrected chi connectivity index (χ4v) is 2.82. The van der Waals surface area contributed by atoms with E-state index in [9.17, 15) is 14.7 Å². The average Bonchev–Trinajstić information content (AvgIpc) is 2.69. The average molecular weight is 374 g/mol. The molecule has 0 bridgehead atoms. The first-order valence-electron chi connectivity index (χ1n) is 8.65. The Balaban J connectivity index is 1.77. The number of amides is 1. The minimum absolute atomic E-state index is 0.220. The molecule has 1 amide bonds. The van der Waals surface area contributed by atoms with Crippen LogP contribution in [0, 0.1) is 0 Å². The molecule has 3 rings (SSSR count). The summed E-state index contributed by atoms with van der Waals surface area (Å²) in [6.07, 6.45) is 0. The van der Waals surface area contributed by atoms with E-state index in [0.29, 0.717) is 37.7 Å². The maximum Gasteiger partial charge on any atom is 0.275 e. The standard InChI is InChI=1S/C18H22N4O5/c1-26-15-5-3-2-4-13(15)22-16(24)12-14(23)17(20-22)18(25)19-6-7-21-8-10-27-11-9-21/h2-5,12,23H,6-11H2,1H3,(H,19,25). The van der Waals surface area contributed by atoms with Crippen molar-refractivity contribution in [3.05, 3.63) is 46.4 Å². The molecule has 0 saturated carbocycles. The Labute approximate surface area is 156 Å². The number of para-hydroxylation sites is 2. The quantitative estimate of drug-likeness (QED) is 0.734. The number of methoxy groups -OCH3 is 1. The number of ether oxygens (including phenoxy) is 2. The third-order valence-electron chi connectivity index (χ3n) is 4.26. The summed E-state index contributed by atoms with van der Waals surface area (Å²) in [5.41, 5.74) is -0.406. The van der Waals surface area contributed by atoms with Crippen molar-refractivity contribution in [3.8, 4) is 17.2 Å². The van der Waals surface area contributed by atoms with Crippen LogP contribution in [-0.2, 0) is 4.74 Å². The van der Waals surface area contributed by atoms with Crippen LogP contribution in [0.5, 0.6) is 11.5 Å². The molecule has 9 heteroatoms. The van der Waals surface area contributed by atoms with E-state index in [0.717, 1.165) is 23.8 Å². The van der Waals surface area contributed by atoms with E-state index >= 15 is 0 Å². The lowest BCUT2D eigenvalue weighted by atomic mass is 10.3. The van der Waals surface area contributed by atoms with Crippen LogP contribution in [0.1, 0.15) is 10.5 Å². The van der Waals surface area contributed by atoms with Gasteiger partial charge < -0.3 is 19.9 Å². The number of nitrogens with one attached hydrogen (secondary N) is 1. The van der Waals surface area contributed by atoms with E-state index in [-0.39, 0.29) is 5.69 Å². The zero-order valence-electron chi connectivity index (χ0n) is 15.1. The molecule has 1 aromatic heterocycles. The SMILES string of the molecule is COc1ccccc1-n1nc(C(=O)NCCN2CCOCC2)c(O)cc1=O. The molecule has 1 saturated heterocycles. The Morgan fingerprint density at radius 2 is 2.07 bits per heavy atom. The molecule has 1 aromatic carbocycles. The van der Waals surface area contributed by atoms with Gasteiger partial charge in [0.2, 0.25) is 0 Å². The number of hydrogen-bond donors (Lipinski definition) is 2. The molecule has 0 atom stereocenters. The molecule has 2 aromatic rings. The van der Waals surface area contributed by atoms with Crippen LogP contribution in [0.3, 0.4) is 0 Å². The topological polar surface area (TPSA) is 106 Å². The van der Waals surface area contributed by atoms with Crippen molar-refractivity contribution < 1.29 is 19.4 Å². The summed E-state index contributed by atoms with van der Waals surface area (Å²) in [7, 11) is 1.48. The van der Waals surface area contributed by atoms with E-state index in [2.05, 4.69) is 15.3 Å². The second-order valence-electron chi connectivity index (χ2n) is 6.01. The van der Waals surface area contributed by atoms with Crippen molar-refractivity contribution in [2.75, 3.05) is 46.5 Å². The van der Waals surface area contributed by atoms with Gasteiger partial charge in [-0.15, -0.1) is 0 Å². The van der Waals surface area contributed by atoms with Gasteiger partial charge in [-0.05, 0) is 12.1 Å². The number of rotatable bonds is 6. The maximum atomic E-state index is 12.4. The molecule has 0 radical (unpaired) electrons. The summed E-state index contributed by atoms with van der Waals surface area (Å²) in [6, 6.07) is 7.77. The second-order valence-corrected chi connectivity index (χ2v) is 6.01. The zero-order chi connectivity index (χ0) is 19.2. The Kier molecular flexibility index (Phi) is 6.05. The predicted molar refractivity (Wildman–Crippen MR) is 97.6 cm³/mol. The molecular weight excluding hydrogens is 352 g/mol. The van der Waals surface area contributed by atoms with Gasteiger partial charge in [-0.1, -0.05) is 12.1 Å². The van der Waals surface area contributed by atoms with Gasteiger partial charge in [0.1, 0.15) is 11.4 Å². The summed E-state index contributed by atoms with van der Waals surface area (Å²) in [5.74, 6) is -0.587. The van der Waals surface area contributed by atoms with Gasteiger partial charge in [0.25, 0.3) is 11.5 Å². The summed E-state index contributed by atoms with van der Waals surface area (Å²) < 4.78 is 11.6. The number of nitrogens with zero attached hydrogens (tertiary/aromatic N) is 3. The minimum atomic E-state index is -0.568. The first-order valence-corrected chi connectivity index (χ1v) is 8.65. The Bertz CT molecular complexity index is 861. The van der Waals surface area contributed by atoms with Crippen LogP contribution < -0.4 is 15.6 Å². The zero-order valence-corrected chi connectivity index (χ0v) is 15.1. The van der Waals surface area contributed by atoms with Crippen molar-refractivity contribution >= 4 is 5.91 Å². The van der Waals surface area contributed by atoms with Gasteiger partial charge in [-0.2, -0.15) is 9.78 Å². The molecule has 9 nitrogen and oxygen atoms in total. The summed E-state index contributed by atoms with van der Waals surface area (Å²) in [4.78, 5) is 26.8. The predicted octanol–water partition coefficient (Wildman–Crippen LogP) is 0.00870. The van der Waals surface area contributed by atoms with Gasteiger partial charge in [0, 0.05) is 32.2 Å². The minimum Gasteiger partial charge on any atom is -0.505 e. The lowest BCUT2D eigenvalue weighted by Crippen LogP contribution is -2.41. The second kappa shape index (κ2) is 8.65. The van der Waals surface area contributed by atoms with E-state index in [1.807, 2.05) is 0 Å². The Morgan fingerprint density at radius 1 is 1.33 bits per heavy atom. The fraction of sp³-hybridized carbons (Fsp3) is 0.389. The van der Waals surface area contributed by atoms with E-state index < -0.39 is 17.2 Å². The molecule has 144 valence electrons. The maximum absolute atomic E-state index is 12.4. The third-order valence-corrected chi connectivity index (χ3v) is 4.26. The Hall–Kier alpha value is -2.91. The summed E-state index contributed by atoms with van der Waals surface area (Å²) in [6.45, 7) is 4.06. The number of hydrogen-bond acceptors (Lipinski definition) is 7. The van der Waals surface area contributed by atoms with Crippen molar-refractivity contribution in [1.82, 2.24) is 20.0 Å². The van der Waals surface area contributed by atoms with Crippen molar-refractivity contribution in [3.63, 3.8) is 0 Å². The molecule has 0 aliphatic carbocycles. The van der Waals surface area contributed by atoms with Gasteiger partial charge >= 0.3 is 0 Å². The highest BCUT2D eigenvalue weighted by Gasteiger charge is 2.18. The largest absolute Gasteiger partial charge is 0.505 e. The number of benzene rings is 1. The van der Waals surface area contributed by atoms with Gasteiger partial charge in [-0.3, -0.25) is 14.5 Å². The number of aromatic nitrogens is 2. The van der Waals surface area contributed by atoms with Crippen LogP contribution in [0.15, 0.2) is 35.1 Å². The van der Waals surface area contributed by atoms with E-state index in [4.69, 9.17) is 9.47 Å². The fourth-order valence-electron chi connectivity index (χ4n) is 2.82. The Morgan fingerprint density at radius 3 is 2.81 bits per heavy atom. The number of carbonyl (C=O) groups excluding carboxylic acids is 1. The molecule has 0 unspecified atom stereocenters. The lowest BCUT2D eigenvalue weighted by molar-refractivity contribution is 0.0383. The normalized spacial score (nSPS) is 14.7. The first-order chi connectivity index (χ1) is 13.1. The van der Waals surface area contributed by atoms with Crippen LogP contribution in [0.4, 0.5) is 0 Å². The van der Waals surface area contributed by atoms with Crippen LogP contribution in [0.2, 0.25) is 0 Å². The van der Waals surface area contributed by atoms with Gasteiger partial charge in [0.15, 0.2) is 11.4 Å². The van der Waals surface area contributed by atoms with Gasteiger partial charge in [-0.25, -0.2) is 0 Å². The number of carbonyl (C=O) groups is 1. The highest BCUT2D eigenvalue weighted by molar-refractivity contribution is 5.94. The molecule has 0 spiro atoms. The van der Waals surface area contributed by atoms with Crippen molar-refractivity contribution in [1.29, 1.82) is 0 Å². The molecular formula is C18H22N4O5. The van der Waals surface area contributed by atoms with Crippen LogP contribution >= 0.6 is 0 Å². The lowest BCUT2D eigenvalue weighted by Gasteiger charge is -2.26. The number of morpholine rings is 1. The van der Waals surface area contributed by atoms with Crippen LogP contribution in [-0.4, -0.2) is 72.2 Å².